The van der Waals surface area contributed by atoms with Gasteiger partial charge in [0.2, 0.25) is 0 Å². The van der Waals surface area contributed by atoms with Crippen molar-refractivity contribution in [3.8, 4) is 33.4 Å². The molecule has 0 aliphatic heterocycles. The number of anilines is 3. The molecule has 0 fully saturated rings. The molecule has 0 radical (unpaired) electrons. The number of nitrogens with zero attached hydrogens (tertiary/aromatic N) is 1. The predicted molar refractivity (Wildman–Crippen MR) is 277 cm³/mol. The molecule has 2 aromatic heterocycles. The van der Waals surface area contributed by atoms with Gasteiger partial charge in [0.05, 0.1) is 5.69 Å². The Morgan fingerprint density at radius 3 is 1.62 bits per heavy atom. The zero-order valence-corrected chi connectivity index (χ0v) is 36.5. The maximum absolute atomic E-state index is 7.31. The van der Waals surface area contributed by atoms with Crippen LogP contribution < -0.4 is 4.90 Å². The van der Waals surface area contributed by atoms with Crippen molar-refractivity contribution < 1.29 is 8.83 Å². The maximum atomic E-state index is 7.31. The van der Waals surface area contributed by atoms with Gasteiger partial charge in [-0.3, -0.25) is 0 Å². The summed E-state index contributed by atoms with van der Waals surface area (Å²) in [5.74, 6) is 0. The second-order valence-corrected chi connectivity index (χ2v) is 18.4. The van der Waals surface area contributed by atoms with E-state index in [2.05, 4.69) is 219 Å². The van der Waals surface area contributed by atoms with Crippen molar-refractivity contribution in [2.24, 2.45) is 0 Å². The summed E-state index contributed by atoms with van der Waals surface area (Å²) in [6.07, 6.45) is 0. The molecule has 13 aromatic rings. The fourth-order valence-electron chi connectivity index (χ4n) is 11.3. The zero-order chi connectivity index (χ0) is 43.7. The molecule has 0 bridgehead atoms. The highest BCUT2D eigenvalue weighted by atomic mass is 16.3. The van der Waals surface area contributed by atoms with Crippen molar-refractivity contribution in [1.29, 1.82) is 0 Å². The van der Waals surface area contributed by atoms with Crippen LogP contribution in [0.15, 0.2) is 221 Å². The van der Waals surface area contributed by atoms with Crippen molar-refractivity contribution in [2.45, 2.75) is 19.3 Å². The largest absolute Gasteiger partial charge is 0.456 e. The molecule has 0 spiro atoms. The van der Waals surface area contributed by atoms with Crippen LogP contribution in [-0.4, -0.2) is 0 Å². The molecule has 66 heavy (non-hydrogen) atoms. The third-order valence-electron chi connectivity index (χ3n) is 14.5. The first-order chi connectivity index (χ1) is 32.5. The fraction of sp³-hybridized carbons (Fsp3) is 0.0476. The van der Waals surface area contributed by atoms with E-state index >= 15 is 0 Å². The molecule has 0 saturated heterocycles. The first-order valence-electron chi connectivity index (χ1n) is 22.8. The van der Waals surface area contributed by atoms with E-state index in [0.717, 1.165) is 77.6 Å². The average Bonchev–Trinajstić information content (AvgIpc) is 4.02. The van der Waals surface area contributed by atoms with E-state index < -0.39 is 0 Å². The van der Waals surface area contributed by atoms with Crippen LogP contribution in [0.5, 0.6) is 0 Å². The maximum Gasteiger partial charge on any atom is 0.160 e. The molecule has 0 saturated carbocycles. The third-order valence-corrected chi connectivity index (χ3v) is 14.5. The van der Waals surface area contributed by atoms with Gasteiger partial charge in [0.25, 0.3) is 0 Å². The molecule has 0 N–H and O–H groups in total. The van der Waals surface area contributed by atoms with Crippen molar-refractivity contribution >= 4 is 93.3 Å². The van der Waals surface area contributed by atoms with E-state index in [1.807, 2.05) is 12.1 Å². The first-order valence-corrected chi connectivity index (χ1v) is 22.8. The number of fused-ring (bicyclic) bond motifs is 16. The Morgan fingerprint density at radius 2 is 0.864 bits per heavy atom. The highest BCUT2D eigenvalue weighted by molar-refractivity contribution is 6.29. The lowest BCUT2D eigenvalue weighted by Gasteiger charge is -2.30. The van der Waals surface area contributed by atoms with E-state index in [-0.39, 0.29) is 5.41 Å². The number of rotatable bonds is 5. The van der Waals surface area contributed by atoms with Crippen LogP contribution in [0.25, 0.3) is 110 Å². The standard InChI is InChI=1S/C63H41NO2/c1-63(2)54-22-12-10-20-49(54)50-31-29-42(37-55(50)63)64(41-27-24-39(25-28-41)38-14-4-3-5-15-38)61-43(40-26-30-48-46-18-7-6-16-44(46)45-17-8-9-19-47(45)53(48)36-40)32-33-52-60-58(66-62(52)61)35-34-57-59(60)51-21-11-13-23-56(51)65-57/h3-37H,1-2H3. The molecule has 14 rings (SSSR count). The molecule has 1 aliphatic carbocycles. The molecule has 3 heteroatoms. The first kappa shape index (κ1) is 37.0. The Bertz CT molecular complexity index is 4100. The van der Waals surface area contributed by atoms with E-state index in [1.165, 1.54) is 60.1 Å². The van der Waals surface area contributed by atoms with Crippen LogP contribution >= 0.6 is 0 Å². The topological polar surface area (TPSA) is 29.5 Å². The van der Waals surface area contributed by atoms with Crippen LogP contribution in [0, 0.1) is 0 Å². The summed E-state index contributed by atoms with van der Waals surface area (Å²) in [5.41, 5.74) is 16.0. The Labute approximate surface area is 381 Å². The lowest BCUT2D eigenvalue weighted by Crippen LogP contribution is -2.17. The monoisotopic (exact) mass is 843 g/mol. The van der Waals surface area contributed by atoms with Crippen LogP contribution in [0.3, 0.4) is 0 Å². The van der Waals surface area contributed by atoms with Crippen LogP contribution in [0.1, 0.15) is 25.0 Å². The smallest absolute Gasteiger partial charge is 0.160 e. The quantitative estimate of drug-likeness (QED) is 0.162. The highest BCUT2D eigenvalue weighted by Crippen LogP contribution is 2.54. The summed E-state index contributed by atoms with van der Waals surface area (Å²) in [5, 5.41) is 11.7. The molecule has 2 heterocycles. The van der Waals surface area contributed by atoms with Gasteiger partial charge >= 0.3 is 0 Å². The zero-order valence-electron chi connectivity index (χ0n) is 36.5. The Balaban J connectivity index is 1.10. The van der Waals surface area contributed by atoms with Gasteiger partial charge in [-0.05, 0) is 126 Å². The van der Waals surface area contributed by atoms with Gasteiger partial charge in [0, 0.05) is 43.9 Å². The summed E-state index contributed by atoms with van der Waals surface area (Å²) in [7, 11) is 0. The number of para-hydroxylation sites is 1. The van der Waals surface area contributed by atoms with Crippen molar-refractivity contribution in [3.05, 3.63) is 223 Å². The molecular weight excluding hydrogens is 803 g/mol. The van der Waals surface area contributed by atoms with Gasteiger partial charge in [-0.25, -0.2) is 0 Å². The number of hydrogen-bond donors (Lipinski definition) is 0. The van der Waals surface area contributed by atoms with Gasteiger partial charge in [-0.2, -0.15) is 0 Å². The molecule has 3 nitrogen and oxygen atoms in total. The second kappa shape index (κ2) is 13.8. The fourth-order valence-corrected chi connectivity index (χ4v) is 11.3. The SMILES string of the molecule is CC1(C)c2ccccc2-c2ccc(N(c3ccc(-c4ccccc4)cc3)c3c(-c4ccc5c6ccccc6c6ccccc6c5c4)ccc4c3oc3ccc5oc6ccccc6c5c34)cc21. The lowest BCUT2D eigenvalue weighted by molar-refractivity contribution is 0.660. The second-order valence-electron chi connectivity index (χ2n) is 18.4. The van der Waals surface area contributed by atoms with Crippen LogP contribution in [0.2, 0.25) is 0 Å². The third kappa shape index (κ3) is 5.26. The van der Waals surface area contributed by atoms with Gasteiger partial charge in [-0.15, -0.1) is 0 Å². The molecule has 0 unspecified atom stereocenters. The molecule has 0 amide bonds. The minimum Gasteiger partial charge on any atom is -0.456 e. The lowest BCUT2D eigenvalue weighted by atomic mass is 9.82. The Kier molecular flexibility index (Phi) is 7.74. The highest BCUT2D eigenvalue weighted by Gasteiger charge is 2.36. The van der Waals surface area contributed by atoms with Crippen molar-refractivity contribution in [2.75, 3.05) is 4.90 Å². The number of benzene rings is 11. The summed E-state index contributed by atoms with van der Waals surface area (Å²) < 4.78 is 13.8. The van der Waals surface area contributed by atoms with Gasteiger partial charge in [0.1, 0.15) is 16.7 Å². The van der Waals surface area contributed by atoms with E-state index in [0.29, 0.717) is 0 Å². The number of hydrogen-bond acceptors (Lipinski definition) is 3. The van der Waals surface area contributed by atoms with E-state index in [1.54, 1.807) is 0 Å². The van der Waals surface area contributed by atoms with Crippen LogP contribution in [-0.2, 0) is 5.41 Å². The van der Waals surface area contributed by atoms with E-state index in [9.17, 15) is 0 Å². The number of furan rings is 2. The minimum absolute atomic E-state index is 0.199. The van der Waals surface area contributed by atoms with Gasteiger partial charge in [0.15, 0.2) is 5.58 Å². The van der Waals surface area contributed by atoms with Crippen molar-refractivity contribution in [1.82, 2.24) is 0 Å². The van der Waals surface area contributed by atoms with Crippen molar-refractivity contribution in [3.63, 3.8) is 0 Å². The summed E-state index contributed by atoms with van der Waals surface area (Å²) >= 11 is 0. The molecule has 1 aliphatic rings. The molecule has 0 atom stereocenters. The minimum atomic E-state index is -0.199. The Morgan fingerprint density at radius 1 is 0.333 bits per heavy atom. The predicted octanol–water partition coefficient (Wildman–Crippen LogP) is 18.1. The Hall–Kier alpha value is -8.40. The van der Waals surface area contributed by atoms with Gasteiger partial charge in [-0.1, -0.05) is 172 Å². The average molecular weight is 844 g/mol. The summed E-state index contributed by atoms with van der Waals surface area (Å²) in [6.45, 7) is 4.71. The molecule has 310 valence electrons. The summed E-state index contributed by atoms with van der Waals surface area (Å²) in [4.78, 5) is 2.45. The molecular formula is C63H41NO2. The summed E-state index contributed by atoms with van der Waals surface area (Å²) in [6, 6.07) is 77.3. The molecule has 11 aromatic carbocycles. The van der Waals surface area contributed by atoms with Crippen LogP contribution in [0.4, 0.5) is 17.1 Å². The van der Waals surface area contributed by atoms with E-state index in [4.69, 9.17) is 8.83 Å². The normalized spacial score (nSPS) is 13.1. The van der Waals surface area contributed by atoms with Gasteiger partial charge < -0.3 is 13.7 Å².